The van der Waals surface area contributed by atoms with Gasteiger partial charge in [0.05, 0.1) is 5.75 Å². The lowest BCUT2D eigenvalue weighted by Crippen LogP contribution is -1.88. The molecule has 1 heterocycles. The largest absolute Gasteiger partial charge is 0.400 e. The lowest BCUT2D eigenvalue weighted by Gasteiger charge is -1.99. The maximum absolute atomic E-state index is 10.9. The lowest BCUT2D eigenvalue weighted by molar-refractivity contribution is 0.546. The Kier molecular flexibility index (Phi) is 1.96. The van der Waals surface area contributed by atoms with Gasteiger partial charge in [0.2, 0.25) is 11.1 Å². The van der Waals surface area contributed by atoms with Crippen molar-refractivity contribution in [2.75, 3.05) is 5.75 Å². The second-order valence-electron chi connectivity index (χ2n) is 2.49. The van der Waals surface area contributed by atoms with Gasteiger partial charge in [-0.05, 0) is 6.08 Å². The van der Waals surface area contributed by atoms with Crippen LogP contribution in [0, 0.1) is 0 Å². The van der Waals surface area contributed by atoms with Crippen molar-refractivity contribution in [2.24, 2.45) is 0 Å². The molecule has 0 fully saturated rings. The Morgan fingerprint density at radius 2 is 2.00 bits per heavy atom. The lowest BCUT2D eigenvalue weighted by atomic mass is 10.2. The zero-order valence-corrected chi connectivity index (χ0v) is 7.21. The summed E-state index contributed by atoms with van der Waals surface area (Å²) in [5.74, 6) is 1.23. The van der Waals surface area contributed by atoms with Gasteiger partial charge in [0, 0.05) is 5.56 Å². The summed E-state index contributed by atoms with van der Waals surface area (Å²) in [4.78, 5) is 0. The molecule has 0 aromatic heterocycles. The highest BCUT2D eigenvalue weighted by Gasteiger charge is 2.13. The van der Waals surface area contributed by atoms with Crippen LogP contribution in [-0.2, 0) is 15.3 Å². The zero-order valence-electron chi connectivity index (χ0n) is 6.40. The van der Waals surface area contributed by atoms with E-state index in [1.807, 2.05) is 36.4 Å². The van der Waals surface area contributed by atoms with Crippen molar-refractivity contribution in [1.82, 2.24) is 0 Å². The third-order valence-electron chi connectivity index (χ3n) is 1.65. The van der Waals surface area contributed by atoms with Gasteiger partial charge in [-0.1, -0.05) is 30.3 Å². The zero-order chi connectivity index (χ0) is 8.39. The molecule has 62 valence electrons. The predicted octanol–water partition coefficient (Wildman–Crippen LogP) is 1.72. The van der Waals surface area contributed by atoms with Crippen molar-refractivity contribution in [3.05, 3.63) is 42.0 Å². The molecule has 12 heavy (non-hydrogen) atoms. The molecule has 1 unspecified atom stereocenters. The minimum Gasteiger partial charge on any atom is -0.400 e. The van der Waals surface area contributed by atoms with Crippen LogP contribution in [0.3, 0.4) is 0 Å². The van der Waals surface area contributed by atoms with Gasteiger partial charge in [-0.25, -0.2) is 4.21 Å². The Hall–Kier alpha value is -1.09. The third kappa shape index (κ3) is 1.41. The van der Waals surface area contributed by atoms with Crippen LogP contribution in [-0.4, -0.2) is 9.96 Å². The fraction of sp³-hybridized carbons (Fsp3) is 0.111. The van der Waals surface area contributed by atoms with Crippen LogP contribution in [0.1, 0.15) is 5.56 Å². The van der Waals surface area contributed by atoms with E-state index in [1.165, 1.54) is 0 Å². The molecule has 0 bridgehead atoms. The summed E-state index contributed by atoms with van der Waals surface area (Å²) < 4.78 is 15.9. The van der Waals surface area contributed by atoms with E-state index in [4.69, 9.17) is 4.18 Å². The van der Waals surface area contributed by atoms with Crippen molar-refractivity contribution >= 4 is 16.8 Å². The predicted molar refractivity (Wildman–Crippen MR) is 48.5 cm³/mol. The Balaban J connectivity index is 2.28. The normalized spacial score (nSPS) is 21.7. The molecule has 0 aliphatic carbocycles. The molecule has 0 radical (unpaired) electrons. The second kappa shape index (κ2) is 3.11. The molecule has 1 aliphatic rings. The van der Waals surface area contributed by atoms with Crippen LogP contribution in [0.5, 0.6) is 0 Å². The van der Waals surface area contributed by atoms with E-state index in [0.717, 1.165) is 11.3 Å². The first-order valence-corrected chi connectivity index (χ1v) is 4.93. The van der Waals surface area contributed by atoms with Crippen molar-refractivity contribution in [3.8, 4) is 0 Å². The fourth-order valence-electron chi connectivity index (χ4n) is 1.08. The minimum absolute atomic E-state index is 0.504. The van der Waals surface area contributed by atoms with E-state index in [2.05, 4.69) is 0 Å². The molecular formula is C9H8O2S. The first-order chi connectivity index (χ1) is 5.86. The Morgan fingerprint density at radius 1 is 1.25 bits per heavy atom. The van der Waals surface area contributed by atoms with E-state index >= 15 is 0 Å². The highest BCUT2D eigenvalue weighted by atomic mass is 32.2. The highest BCUT2D eigenvalue weighted by Crippen LogP contribution is 2.21. The minimum atomic E-state index is -1.15. The van der Waals surface area contributed by atoms with E-state index in [9.17, 15) is 4.21 Å². The standard InChI is InChI=1S/C9H8O2S/c10-12-7-6-9(11-12)8-4-2-1-3-5-8/h1-6H,7H2. The molecule has 2 rings (SSSR count). The Labute approximate surface area is 73.5 Å². The number of hydrogen-bond acceptors (Lipinski definition) is 2. The summed E-state index contributed by atoms with van der Waals surface area (Å²) >= 11 is -1.15. The molecule has 0 saturated carbocycles. The smallest absolute Gasteiger partial charge is 0.210 e. The molecule has 0 spiro atoms. The van der Waals surface area contributed by atoms with Gasteiger partial charge < -0.3 is 4.18 Å². The van der Waals surface area contributed by atoms with Crippen LogP contribution in [0.25, 0.3) is 5.76 Å². The molecule has 1 aromatic rings. The second-order valence-corrected chi connectivity index (χ2v) is 3.60. The summed E-state index contributed by atoms with van der Waals surface area (Å²) in [5, 5.41) is 0. The fourth-order valence-corrected chi connectivity index (χ4v) is 1.80. The molecular weight excluding hydrogens is 172 g/mol. The molecule has 0 saturated heterocycles. The van der Waals surface area contributed by atoms with Crippen LogP contribution >= 0.6 is 0 Å². The van der Waals surface area contributed by atoms with Crippen molar-refractivity contribution in [1.29, 1.82) is 0 Å². The summed E-state index contributed by atoms with van der Waals surface area (Å²) in [6, 6.07) is 9.68. The molecule has 1 aromatic carbocycles. The van der Waals surface area contributed by atoms with Crippen LogP contribution in [0.15, 0.2) is 36.4 Å². The SMILES string of the molecule is O=S1CC=C(c2ccccc2)O1. The molecule has 2 nitrogen and oxygen atoms in total. The number of rotatable bonds is 1. The van der Waals surface area contributed by atoms with E-state index < -0.39 is 11.1 Å². The van der Waals surface area contributed by atoms with Gasteiger partial charge in [0.15, 0.2) is 0 Å². The first kappa shape index (κ1) is 7.55. The molecule has 1 atom stereocenters. The highest BCUT2D eigenvalue weighted by molar-refractivity contribution is 7.80. The Bertz CT molecular complexity index is 330. The van der Waals surface area contributed by atoms with Gasteiger partial charge in [-0.3, -0.25) is 0 Å². The molecule has 0 N–H and O–H groups in total. The van der Waals surface area contributed by atoms with E-state index in [-0.39, 0.29) is 0 Å². The van der Waals surface area contributed by atoms with E-state index in [0.29, 0.717) is 5.75 Å². The van der Waals surface area contributed by atoms with Crippen molar-refractivity contribution < 1.29 is 8.39 Å². The average Bonchev–Trinajstić information content (AvgIpc) is 2.54. The van der Waals surface area contributed by atoms with Crippen molar-refractivity contribution in [3.63, 3.8) is 0 Å². The van der Waals surface area contributed by atoms with Gasteiger partial charge in [-0.2, -0.15) is 0 Å². The monoisotopic (exact) mass is 180 g/mol. The maximum atomic E-state index is 10.9. The quantitative estimate of drug-likeness (QED) is 0.657. The van der Waals surface area contributed by atoms with Gasteiger partial charge in [0.25, 0.3) is 0 Å². The Morgan fingerprint density at radius 3 is 2.58 bits per heavy atom. The van der Waals surface area contributed by atoms with Gasteiger partial charge in [0.1, 0.15) is 5.76 Å². The van der Waals surface area contributed by atoms with Gasteiger partial charge in [-0.15, -0.1) is 0 Å². The topological polar surface area (TPSA) is 26.3 Å². The van der Waals surface area contributed by atoms with Crippen molar-refractivity contribution in [2.45, 2.75) is 0 Å². The summed E-state index contributed by atoms with van der Waals surface area (Å²) in [6.45, 7) is 0. The third-order valence-corrected chi connectivity index (χ3v) is 2.45. The number of hydrogen-bond donors (Lipinski definition) is 0. The summed E-state index contributed by atoms with van der Waals surface area (Å²) in [5.41, 5.74) is 0.989. The molecule has 3 heteroatoms. The van der Waals surface area contributed by atoms with Crippen LogP contribution in [0.4, 0.5) is 0 Å². The maximum Gasteiger partial charge on any atom is 0.210 e. The first-order valence-electron chi connectivity index (χ1n) is 3.68. The number of benzene rings is 1. The van der Waals surface area contributed by atoms with Crippen LogP contribution < -0.4 is 0 Å². The molecule has 1 aliphatic heterocycles. The van der Waals surface area contributed by atoms with E-state index in [1.54, 1.807) is 0 Å². The summed E-state index contributed by atoms with van der Waals surface area (Å²) in [7, 11) is 0. The van der Waals surface area contributed by atoms with Crippen LogP contribution in [0.2, 0.25) is 0 Å². The summed E-state index contributed by atoms with van der Waals surface area (Å²) in [6.07, 6.45) is 1.85. The molecule has 0 amide bonds. The average molecular weight is 180 g/mol. The van der Waals surface area contributed by atoms with Gasteiger partial charge >= 0.3 is 0 Å².